The molecule has 1 unspecified atom stereocenters. The van der Waals surface area contributed by atoms with Crippen LogP contribution in [0.3, 0.4) is 0 Å². The normalized spacial score (nSPS) is 21.8. The number of alkyl halides is 1. The Bertz CT molecular complexity index is 524. The topological polar surface area (TPSA) is 49.4 Å². The van der Waals surface area contributed by atoms with Crippen LogP contribution >= 0.6 is 11.6 Å². The van der Waals surface area contributed by atoms with Crippen molar-refractivity contribution in [2.24, 2.45) is 0 Å². The zero-order chi connectivity index (χ0) is 13.2. The Morgan fingerprint density at radius 1 is 1.39 bits per heavy atom. The average molecular weight is 293 g/mol. The van der Waals surface area contributed by atoms with E-state index in [-0.39, 0.29) is 6.54 Å². The van der Waals surface area contributed by atoms with Crippen LogP contribution in [0.4, 0.5) is 10.1 Å². The number of nitrogens with zero attached hydrogens (tertiary/aromatic N) is 1. The van der Waals surface area contributed by atoms with E-state index < -0.39 is 16.4 Å². The van der Waals surface area contributed by atoms with E-state index in [4.69, 9.17) is 11.6 Å². The number of benzene rings is 1. The standard InChI is InChI=1S/C11H14ClFN2O2S/c12-10-5-1-2-6-11(10)14-18(16,17)15-7-3-4-9(13)8-15/h1-2,5-6,9,14H,3-4,7-8H2. The summed E-state index contributed by atoms with van der Waals surface area (Å²) in [6.45, 7) is 0.236. The van der Waals surface area contributed by atoms with Crippen molar-refractivity contribution in [2.75, 3.05) is 17.8 Å². The largest absolute Gasteiger partial charge is 0.301 e. The molecular weight excluding hydrogens is 279 g/mol. The summed E-state index contributed by atoms with van der Waals surface area (Å²) >= 11 is 5.88. The molecule has 0 saturated carbocycles. The van der Waals surface area contributed by atoms with Crippen molar-refractivity contribution in [1.29, 1.82) is 0 Å². The summed E-state index contributed by atoms with van der Waals surface area (Å²) in [6, 6.07) is 6.54. The van der Waals surface area contributed by atoms with Gasteiger partial charge < -0.3 is 0 Å². The molecule has 1 saturated heterocycles. The van der Waals surface area contributed by atoms with Crippen LogP contribution in [0.25, 0.3) is 0 Å². The van der Waals surface area contributed by atoms with Crippen molar-refractivity contribution >= 4 is 27.5 Å². The first-order valence-electron chi connectivity index (χ1n) is 5.65. The minimum absolute atomic E-state index is 0.0974. The number of para-hydroxylation sites is 1. The summed E-state index contributed by atoms with van der Waals surface area (Å²) in [6.07, 6.45) is -0.149. The van der Waals surface area contributed by atoms with Gasteiger partial charge >= 0.3 is 10.2 Å². The lowest BCUT2D eigenvalue weighted by Crippen LogP contribution is -2.43. The van der Waals surface area contributed by atoms with Crippen LogP contribution in [0.2, 0.25) is 5.02 Å². The van der Waals surface area contributed by atoms with Crippen LogP contribution in [-0.2, 0) is 10.2 Å². The molecule has 1 heterocycles. The predicted molar refractivity (Wildman–Crippen MR) is 69.7 cm³/mol. The van der Waals surface area contributed by atoms with Gasteiger partial charge in [-0.15, -0.1) is 0 Å². The SMILES string of the molecule is O=S(=O)(Nc1ccccc1Cl)N1CCCC(F)C1. The third-order valence-corrected chi connectivity index (χ3v) is 4.60. The van der Waals surface area contributed by atoms with Gasteiger partial charge in [-0.2, -0.15) is 12.7 Å². The first-order chi connectivity index (χ1) is 8.49. The van der Waals surface area contributed by atoms with Crippen LogP contribution in [0.15, 0.2) is 24.3 Å². The second-order valence-corrected chi connectivity index (χ2v) is 6.26. The van der Waals surface area contributed by atoms with Crippen LogP contribution in [-0.4, -0.2) is 32.0 Å². The van der Waals surface area contributed by atoms with Crippen LogP contribution < -0.4 is 4.72 Å². The second-order valence-electron chi connectivity index (χ2n) is 4.18. The summed E-state index contributed by atoms with van der Waals surface area (Å²) in [7, 11) is -3.73. The summed E-state index contributed by atoms with van der Waals surface area (Å²) in [4.78, 5) is 0. The number of rotatable bonds is 3. The Morgan fingerprint density at radius 3 is 2.78 bits per heavy atom. The molecule has 0 aliphatic carbocycles. The molecule has 1 aromatic carbocycles. The van der Waals surface area contributed by atoms with E-state index in [1.165, 1.54) is 0 Å². The molecule has 0 radical (unpaired) electrons. The van der Waals surface area contributed by atoms with Gasteiger partial charge in [0, 0.05) is 13.1 Å². The Morgan fingerprint density at radius 2 is 2.11 bits per heavy atom. The lowest BCUT2D eigenvalue weighted by Gasteiger charge is -2.28. The van der Waals surface area contributed by atoms with Gasteiger partial charge in [0.1, 0.15) is 6.17 Å². The van der Waals surface area contributed by atoms with Gasteiger partial charge in [-0.05, 0) is 25.0 Å². The van der Waals surface area contributed by atoms with Crippen LogP contribution in [0.5, 0.6) is 0 Å². The van der Waals surface area contributed by atoms with Crippen LogP contribution in [0.1, 0.15) is 12.8 Å². The molecule has 1 atom stereocenters. The Labute approximate surface area is 111 Å². The zero-order valence-corrected chi connectivity index (χ0v) is 11.2. The van der Waals surface area contributed by atoms with Gasteiger partial charge in [0.2, 0.25) is 0 Å². The molecule has 0 spiro atoms. The van der Waals surface area contributed by atoms with Gasteiger partial charge in [-0.1, -0.05) is 23.7 Å². The molecule has 1 N–H and O–H groups in total. The second kappa shape index (κ2) is 5.42. The highest BCUT2D eigenvalue weighted by molar-refractivity contribution is 7.90. The van der Waals surface area contributed by atoms with E-state index in [0.29, 0.717) is 30.1 Å². The highest BCUT2D eigenvalue weighted by Gasteiger charge is 2.29. The van der Waals surface area contributed by atoms with Gasteiger partial charge in [-0.25, -0.2) is 4.39 Å². The Kier molecular flexibility index (Phi) is 4.09. The molecule has 7 heteroatoms. The average Bonchev–Trinajstić information content (AvgIpc) is 2.32. The molecule has 2 rings (SSSR count). The molecule has 1 aromatic rings. The van der Waals surface area contributed by atoms with Crippen LogP contribution in [0, 0.1) is 0 Å². The number of hydrogen-bond donors (Lipinski definition) is 1. The van der Waals surface area contributed by atoms with Crippen molar-refractivity contribution in [3.63, 3.8) is 0 Å². The maximum absolute atomic E-state index is 13.2. The van der Waals surface area contributed by atoms with E-state index >= 15 is 0 Å². The van der Waals surface area contributed by atoms with Crippen molar-refractivity contribution in [2.45, 2.75) is 19.0 Å². The van der Waals surface area contributed by atoms with E-state index in [2.05, 4.69) is 4.72 Å². The van der Waals surface area contributed by atoms with E-state index in [9.17, 15) is 12.8 Å². The highest BCUT2D eigenvalue weighted by atomic mass is 35.5. The number of anilines is 1. The molecule has 1 aliphatic rings. The first kappa shape index (κ1) is 13.6. The summed E-state index contributed by atoms with van der Waals surface area (Å²) in [5.41, 5.74) is 0.306. The number of hydrogen-bond acceptors (Lipinski definition) is 2. The zero-order valence-electron chi connectivity index (χ0n) is 9.64. The highest BCUT2D eigenvalue weighted by Crippen LogP contribution is 2.24. The molecule has 18 heavy (non-hydrogen) atoms. The van der Waals surface area contributed by atoms with Gasteiger partial charge in [0.25, 0.3) is 0 Å². The Hall–Kier alpha value is -0.850. The maximum atomic E-state index is 13.2. The molecule has 0 amide bonds. The fraction of sp³-hybridized carbons (Fsp3) is 0.455. The molecule has 0 aromatic heterocycles. The minimum atomic E-state index is -3.73. The van der Waals surface area contributed by atoms with Gasteiger partial charge in [0.15, 0.2) is 0 Å². The maximum Gasteiger partial charge on any atom is 0.301 e. The third-order valence-electron chi connectivity index (χ3n) is 2.78. The summed E-state index contributed by atoms with van der Waals surface area (Å²) in [5, 5.41) is 0.315. The smallest absolute Gasteiger partial charge is 0.269 e. The molecule has 4 nitrogen and oxygen atoms in total. The molecule has 0 bridgehead atoms. The molecule has 100 valence electrons. The number of nitrogens with one attached hydrogen (secondary N) is 1. The van der Waals surface area contributed by atoms with Gasteiger partial charge in [0.05, 0.1) is 10.7 Å². The van der Waals surface area contributed by atoms with Crippen molar-refractivity contribution in [3.05, 3.63) is 29.3 Å². The number of piperidine rings is 1. The summed E-state index contributed by atoms with van der Waals surface area (Å²) in [5.74, 6) is 0. The monoisotopic (exact) mass is 292 g/mol. The first-order valence-corrected chi connectivity index (χ1v) is 7.47. The lowest BCUT2D eigenvalue weighted by atomic mass is 10.1. The van der Waals surface area contributed by atoms with Crippen molar-refractivity contribution in [3.8, 4) is 0 Å². The Balaban J connectivity index is 2.14. The fourth-order valence-corrected chi connectivity index (χ4v) is 3.41. The molecule has 1 fully saturated rings. The quantitative estimate of drug-likeness (QED) is 0.930. The van der Waals surface area contributed by atoms with E-state index in [1.807, 2.05) is 0 Å². The van der Waals surface area contributed by atoms with E-state index in [1.54, 1.807) is 24.3 Å². The van der Waals surface area contributed by atoms with Gasteiger partial charge in [-0.3, -0.25) is 4.72 Å². The minimum Gasteiger partial charge on any atom is -0.269 e. The molecule has 1 aliphatic heterocycles. The third kappa shape index (κ3) is 3.13. The predicted octanol–water partition coefficient (Wildman–Crippen LogP) is 2.43. The molecular formula is C11H14ClFN2O2S. The van der Waals surface area contributed by atoms with Crippen molar-refractivity contribution < 1.29 is 12.8 Å². The van der Waals surface area contributed by atoms with E-state index in [0.717, 1.165) is 4.31 Å². The van der Waals surface area contributed by atoms with Crippen molar-refractivity contribution in [1.82, 2.24) is 4.31 Å². The summed E-state index contributed by atoms with van der Waals surface area (Å²) < 4.78 is 40.8. The lowest BCUT2D eigenvalue weighted by molar-refractivity contribution is 0.203. The fourth-order valence-electron chi connectivity index (χ4n) is 1.86. The number of halogens is 2.